The Kier molecular flexibility index (Phi) is 1.68. The predicted molar refractivity (Wildman–Crippen MR) is 29.8 cm³/mol. The lowest BCUT2D eigenvalue weighted by Gasteiger charge is -2.20. The van der Waals surface area contributed by atoms with Crippen LogP contribution in [0, 0.1) is 0 Å². The highest BCUT2D eigenvalue weighted by Gasteiger charge is 2.44. The van der Waals surface area contributed by atoms with Crippen LogP contribution >= 0.6 is 11.8 Å². The molecule has 0 aliphatic carbocycles. The van der Waals surface area contributed by atoms with Crippen molar-refractivity contribution in [3.63, 3.8) is 0 Å². The summed E-state index contributed by atoms with van der Waals surface area (Å²) in [5.74, 6) is 0. The van der Waals surface area contributed by atoms with Crippen LogP contribution in [0.2, 0.25) is 0 Å². The van der Waals surface area contributed by atoms with Gasteiger partial charge in [0.05, 0.1) is 0 Å². The van der Waals surface area contributed by atoms with Crippen molar-refractivity contribution in [3.05, 3.63) is 12.4 Å². The van der Waals surface area contributed by atoms with Crippen molar-refractivity contribution in [1.82, 2.24) is 9.74 Å². The Labute approximate surface area is 60.4 Å². The van der Waals surface area contributed by atoms with Crippen molar-refractivity contribution < 1.29 is 13.2 Å². The molecule has 0 bridgehead atoms. The molecule has 10 heavy (non-hydrogen) atoms. The molecule has 1 unspecified atom stereocenters. The van der Waals surface area contributed by atoms with Gasteiger partial charge in [-0.25, -0.2) is 0 Å². The molecule has 1 aliphatic rings. The van der Waals surface area contributed by atoms with Crippen LogP contribution in [0.5, 0.6) is 0 Å². The van der Waals surface area contributed by atoms with Crippen molar-refractivity contribution in [2.75, 3.05) is 0 Å². The van der Waals surface area contributed by atoms with E-state index >= 15 is 0 Å². The standard InChI is InChI=1S/C4H4ClF3N2/c5-10-2-1-9-3(10)4(6,7)8/h1-3,9H. The molecule has 1 rings (SSSR count). The first kappa shape index (κ1) is 7.53. The average Bonchev–Trinajstić information content (AvgIpc) is 2.11. The molecular formula is C4H4ClF3N2. The first-order valence-corrected chi connectivity index (χ1v) is 2.79. The van der Waals surface area contributed by atoms with Crippen LogP contribution < -0.4 is 5.32 Å². The maximum absolute atomic E-state index is 11.8. The van der Waals surface area contributed by atoms with Crippen LogP contribution in [-0.2, 0) is 0 Å². The number of hydrogen-bond acceptors (Lipinski definition) is 2. The number of nitrogens with one attached hydrogen (secondary N) is 1. The second kappa shape index (κ2) is 2.23. The average molecular weight is 173 g/mol. The Morgan fingerprint density at radius 1 is 1.50 bits per heavy atom. The fraction of sp³-hybridized carbons (Fsp3) is 0.500. The van der Waals surface area contributed by atoms with E-state index in [1.54, 1.807) is 0 Å². The first-order chi connectivity index (χ1) is 4.52. The number of hydrogen-bond donors (Lipinski definition) is 1. The summed E-state index contributed by atoms with van der Waals surface area (Å²) in [6.07, 6.45) is -3.86. The molecule has 1 atom stereocenters. The van der Waals surface area contributed by atoms with Gasteiger partial charge >= 0.3 is 6.18 Å². The lowest BCUT2D eigenvalue weighted by molar-refractivity contribution is -0.168. The van der Waals surface area contributed by atoms with E-state index in [1.807, 2.05) is 5.32 Å². The van der Waals surface area contributed by atoms with Crippen LogP contribution in [0.1, 0.15) is 0 Å². The van der Waals surface area contributed by atoms with E-state index in [-0.39, 0.29) is 0 Å². The zero-order valence-electron chi connectivity index (χ0n) is 4.69. The Hall–Kier alpha value is -0.580. The van der Waals surface area contributed by atoms with Gasteiger partial charge in [0, 0.05) is 24.2 Å². The molecule has 6 heteroatoms. The largest absolute Gasteiger partial charge is 0.428 e. The number of rotatable bonds is 0. The van der Waals surface area contributed by atoms with E-state index < -0.39 is 12.3 Å². The van der Waals surface area contributed by atoms with Crippen LogP contribution in [-0.4, -0.2) is 16.8 Å². The highest BCUT2D eigenvalue weighted by Crippen LogP contribution is 2.26. The summed E-state index contributed by atoms with van der Waals surface area (Å²) in [5, 5.41) is 2.03. The Bertz CT molecular complexity index is 155. The molecule has 0 spiro atoms. The molecule has 1 aliphatic heterocycles. The fourth-order valence-electron chi connectivity index (χ4n) is 0.597. The Morgan fingerprint density at radius 2 is 2.10 bits per heavy atom. The lowest BCUT2D eigenvalue weighted by Crippen LogP contribution is -2.43. The predicted octanol–water partition coefficient (Wildman–Crippen LogP) is 1.40. The Morgan fingerprint density at radius 3 is 2.30 bits per heavy atom. The number of alkyl halides is 3. The monoisotopic (exact) mass is 172 g/mol. The molecule has 0 amide bonds. The highest BCUT2D eigenvalue weighted by molar-refractivity contribution is 6.14. The second-order valence-electron chi connectivity index (χ2n) is 1.77. The van der Waals surface area contributed by atoms with E-state index in [1.165, 1.54) is 0 Å². The molecular weight excluding hydrogens is 169 g/mol. The normalized spacial score (nSPS) is 25.2. The molecule has 0 saturated carbocycles. The van der Waals surface area contributed by atoms with Crippen molar-refractivity contribution in [2.24, 2.45) is 0 Å². The van der Waals surface area contributed by atoms with Gasteiger partial charge in [-0.05, 0) is 0 Å². The minimum absolute atomic E-state index is 0.542. The molecule has 1 heterocycles. The summed E-state index contributed by atoms with van der Waals surface area (Å²) in [6.45, 7) is 0. The van der Waals surface area contributed by atoms with Crippen LogP contribution in [0.3, 0.4) is 0 Å². The van der Waals surface area contributed by atoms with Gasteiger partial charge in [-0.15, -0.1) is 0 Å². The Balaban J connectivity index is 2.60. The number of nitrogens with zero attached hydrogens (tertiary/aromatic N) is 1. The van der Waals surface area contributed by atoms with Gasteiger partial charge in [-0.3, -0.25) is 4.42 Å². The van der Waals surface area contributed by atoms with Gasteiger partial charge < -0.3 is 5.32 Å². The first-order valence-electron chi connectivity index (χ1n) is 2.45. The van der Waals surface area contributed by atoms with Gasteiger partial charge in [0.25, 0.3) is 0 Å². The molecule has 2 nitrogen and oxygen atoms in total. The van der Waals surface area contributed by atoms with Gasteiger partial charge in [0.1, 0.15) is 0 Å². The third kappa shape index (κ3) is 1.29. The van der Waals surface area contributed by atoms with E-state index in [2.05, 4.69) is 0 Å². The molecule has 0 radical (unpaired) electrons. The molecule has 0 fully saturated rings. The topological polar surface area (TPSA) is 15.3 Å². The maximum atomic E-state index is 11.8. The quantitative estimate of drug-likeness (QED) is 0.556. The summed E-state index contributed by atoms with van der Waals surface area (Å²) in [4.78, 5) is 0. The van der Waals surface area contributed by atoms with Crippen molar-refractivity contribution in [1.29, 1.82) is 0 Å². The van der Waals surface area contributed by atoms with E-state index in [9.17, 15) is 13.2 Å². The minimum atomic E-state index is -4.33. The molecule has 0 aromatic rings. The molecule has 0 aromatic carbocycles. The summed E-state index contributed by atoms with van der Waals surface area (Å²) in [6, 6.07) is 0. The molecule has 0 aromatic heterocycles. The highest BCUT2D eigenvalue weighted by atomic mass is 35.5. The zero-order valence-corrected chi connectivity index (χ0v) is 5.45. The van der Waals surface area contributed by atoms with E-state index in [0.29, 0.717) is 4.42 Å². The summed E-state index contributed by atoms with van der Waals surface area (Å²) in [7, 11) is 0. The van der Waals surface area contributed by atoms with Crippen LogP contribution in [0.15, 0.2) is 12.4 Å². The van der Waals surface area contributed by atoms with Gasteiger partial charge in [0.2, 0.25) is 6.17 Å². The molecule has 1 N–H and O–H groups in total. The van der Waals surface area contributed by atoms with Gasteiger partial charge in [0.15, 0.2) is 0 Å². The van der Waals surface area contributed by atoms with Crippen LogP contribution in [0.4, 0.5) is 13.2 Å². The molecule has 0 saturated heterocycles. The van der Waals surface area contributed by atoms with E-state index in [4.69, 9.17) is 11.8 Å². The maximum Gasteiger partial charge on any atom is 0.428 e. The fourth-order valence-corrected chi connectivity index (χ4v) is 0.820. The van der Waals surface area contributed by atoms with Gasteiger partial charge in [-0.1, -0.05) is 0 Å². The SMILES string of the molecule is FC(F)(F)C1NC=CN1Cl. The third-order valence-corrected chi connectivity index (χ3v) is 1.34. The zero-order chi connectivity index (χ0) is 7.78. The van der Waals surface area contributed by atoms with E-state index in [0.717, 1.165) is 12.4 Å². The summed E-state index contributed by atoms with van der Waals surface area (Å²) < 4.78 is 35.9. The van der Waals surface area contributed by atoms with Gasteiger partial charge in [-0.2, -0.15) is 13.2 Å². The van der Waals surface area contributed by atoms with Crippen molar-refractivity contribution in [3.8, 4) is 0 Å². The summed E-state index contributed by atoms with van der Waals surface area (Å²) >= 11 is 5.13. The molecule has 58 valence electrons. The smallest absolute Gasteiger partial charge is 0.362 e. The minimum Gasteiger partial charge on any atom is -0.362 e. The lowest BCUT2D eigenvalue weighted by atomic mass is 10.5. The second-order valence-corrected chi connectivity index (χ2v) is 2.16. The van der Waals surface area contributed by atoms with Crippen LogP contribution in [0.25, 0.3) is 0 Å². The van der Waals surface area contributed by atoms with Crippen molar-refractivity contribution in [2.45, 2.75) is 12.3 Å². The number of halogens is 4. The third-order valence-electron chi connectivity index (χ3n) is 1.03. The van der Waals surface area contributed by atoms with Crippen molar-refractivity contribution >= 4 is 11.8 Å². The summed E-state index contributed by atoms with van der Waals surface area (Å²) in [5.41, 5.74) is 0.